The van der Waals surface area contributed by atoms with Crippen LogP contribution in [0.5, 0.6) is 0 Å². The number of piperidine rings is 1. The monoisotopic (exact) mass is 609 g/mol. The summed E-state index contributed by atoms with van der Waals surface area (Å²) in [4.78, 5) is 2.54. The zero-order valence-electron chi connectivity index (χ0n) is 30.4. The van der Waals surface area contributed by atoms with Gasteiger partial charge in [0.2, 0.25) is 0 Å². The number of hydrogen-bond acceptors (Lipinski definition) is 1. The lowest BCUT2D eigenvalue weighted by atomic mass is 9.78. The van der Waals surface area contributed by atoms with Crippen LogP contribution in [0.3, 0.4) is 0 Å². The Morgan fingerprint density at radius 1 is 0.455 bits per heavy atom. The van der Waals surface area contributed by atoms with Gasteiger partial charge < -0.3 is 4.90 Å². The fourth-order valence-electron chi connectivity index (χ4n) is 6.63. The smallest absolute Gasteiger partial charge is 0.00189 e. The van der Waals surface area contributed by atoms with Crippen molar-refractivity contribution in [3.8, 4) is 0 Å². The van der Waals surface area contributed by atoms with Crippen molar-refractivity contribution in [2.45, 2.75) is 194 Å². The molecule has 1 aliphatic rings. The predicted molar refractivity (Wildman–Crippen MR) is 201 cm³/mol. The van der Waals surface area contributed by atoms with Crippen molar-refractivity contribution in [2.75, 3.05) is 20.1 Å². The molecular formula is C43H78N. The van der Waals surface area contributed by atoms with Crippen LogP contribution < -0.4 is 0 Å². The van der Waals surface area contributed by atoms with Crippen LogP contribution in [-0.4, -0.2) is 25.0 Å². The molecule has 44 heavy (non-hydrogen) atoms. The van der Waals surface area contributed by atoms with E-state index in [1.165, 1.54) is 180 Å². The van der Waals surface area contributed by atoms with Gasteiger partial charge in [0.15, 0.2) is 0 Å². The van der Waals surface area contributed by atoms with E-state index in [9.17, 15) is 0 Å². The zero-order chi connectivity index (χ0) is 31.6. The number of unbranched alkanes of at least 4 members (excludes halogenated alkanes) is 18. The lowest BCUT2D eigenvalue weighted by Gasteiger charge is -2.34. The average molecular weight is 609 g/mol. The van der Waals surface area contributed by atoms with E-state index in [-0.39, 0.29) is 0 Å². The van der Waals surface area contributed by atoms with Crippen molar-refractivity contribution < 1.29 is 0 Å². The second-order valence-corrected chi connectivity index (χ2v) is 13.9. The maximum Gasteiger partial charge on any atom is -0.00189 e. The van der Waals surface area contributed by atoms with E-state index < -0.39 is 0 Å². The highest BCUT2D eigenvalue weighted by atomic mass is 15.1. The number of likely N-dealkylation sites (tertiary alicyclic amines) is 1. The third-order valence-corrected chi connectivity index (χ3v) is 9.69. The van der Waals surface area contributed by atoms with Gasteiger partial charge >= 0.3 is 0 Å². The molecule has 0 aromatic heterocycles. The Kier molecular flexibility index (Phi) is 31.0. The van der Waals surface area contributed by atoms with Crippen LogP contribution in [0.2, 0.25) is 0 Å². The molecular weight excluding hydrogens is 530 g/mol. The summed E-state index contributed by atoms with van der Waals surface area (Å²) in [6, 6.07) is 0. The Labute approximate surface area is 278 Å². The van der Waals surface area contributed by atoms with Gasteiger partial charge in [-0.2, -0.15) is 0 Å². The predicted octanol–water partition coefficient (Wildman–Crippen LogP) is 14.3. The minimum atomic E-state index is 0.919. The molecule has 0 saturated carbocycles. The van der Waals surface area contributed by atoms with E-state index in [2.05, 4.69) is 74.4 Å². The van der Waals surface area contributed by atoms with Crippen LogP contribution in [0.1, 0.15) is 194 Å². The van der Waals surface area contributed by atoms with E-state index in [1.807, 2.05) is 5.92 Å². The molecule has 1 nitrogen and oxygen atoms in total. The van der Waals surface area contributed by atoms with Crippen molar-refractivity contribution in [2.24, 2.45) is 5.92 Å². The molecule has 1 heterocycles. The summed E-state index contributed by atoms with van der Waals surface area (Å²) in [5.74, 6) is 2.87. The molecule has 1 rings (SSSR count). The molecule has 255 valence electrons. The summed E-state index contributed by atoms with van der Waals surface area (Å²) < 4.78 is 0. The molecule has 0 N–H and O–H groups in total. The van der Waals surface area contributed by atoms with Gasteiger partial charge in [-0.15, -0.1) is 0 Å². The summed E-state index contributed by atoms with van der Waals surface area (Å²) in [5, 5.41) is 0. The van der Waals surface area contributed by atoms with Gasteiger partial charge in [0.25, 0.3) is 0 Å². The minimum Gasteiger partial charge on any atom is -0.306 e. The average Bonchev–Trinajstić information content (AvgIpc) is 3.03. The Morgan fingerprint density at radius 3 is 1.18 bits per heavy atom. The topological polar surface area (TPSA) is 3.24 Å². The number of nitrogens with zero attached hydrogens (tertiary/aromatic N) is 1. The summed E-state index contributed by atoms with van der Waals surface area (Å²) in [6.45, 7) is 7.17. The molecule has 0 unspecified atom stereocenters. The first kappa shape index (κ1) is 40.9. The Hall–Kier alpha value is -1.08. The van der Waals surface area contributed by atoms with E-state index in [0.29, 0.717) is 0 Å². The SMILES string of the molecule is CCCCC/C=C\C/C=C\CCCCCCCC[C](CCCCCCCC/C=C\C/C=C\CCCCC)C1CCN(C)CC1. The summed E-state index contributed by atoms with van der Waals surface area (Å²) >= 11 is 0. The summed E-state index contributed by atoms with van der Waals surface area (Å²) in [6.07, 6.45) is 57.1. The van der Waals surface area contributed by atoms with E-state index in [1.54, 1.807) is 0 Å². The van der Waals surface area contributed by atoms with Gasteiger partial charge in [0.05, 0.1) is 0 Å². The molecule has 0 aliphatic carbocycles. The van der Waals surface area contributed by atoms with Crippen LogP contribution in [0, 0.1) is 11.8 Å². The Morgan fingerprint density at radius 2 is 0.795 bits per heavy atom. The van der Waals surface area contributed by atoms with E-state index in [0.717, 1.165) is 18.8 Å². The van der Waals surface area contributed by atoms with Crippen LogP contribution in [-0.2, 0) is 0 Å². The highest BCUT2D eigenvalue weighted by molar-refractivity contribution is 4.98. The van der Waals surface area contributed by atoms with E-state index >= 15 is 0 Å². The Balaban J connectivity index is 2.06. The lowest BCUT2D eigenvalue weighted by Crippen LogP contribution is -2.32. The molecule has 1 radical (unpaired) electrons. The van der Waals surface area contributed by atoms with Crippen molar-refractivity contribution in [1.29, 1.82) is 0 Å². The standard InChI is InChI=1S/C43H78N/c1-4-6-8-10-12-14-16-18-20-22-24-26-28-30-32-34-36-42(43-38-40-44(3)41-39-43)37-35-33-31-29-27-25-23-21-19-17-15-13-11-9-7-5-2/h12-15,18-21,43H,4-11,16-17,22-41H2,1-3H3/b14-12-,15-13-,20-18-,21-19-. The van der Waals surface area contributed by atoms with Gasteiger partial charge in [-0.25, -0.2) is 0 Å². The normalized spacial score (nSPS) is 15.5. The molecule has 0 amide bonds. The first-order valence-corrected chi connectivity index (χ1v) is 19.9. The van der Waals surface area contributed by atoms with Crippen LogP contribution in [0.15, 0.2) is 48.6 Å². The fraction of sp³-hybridized carbons (Fsp3) is 0.791. The molecule has 1 aliphatic heterocycles. The first-order valence-electron chi connectivity index (χ1n) is 19.9. The molecule has 1 fully saturated rings. The molecule has 0 atom stereocenters. The van der Waals surface area contributed by atoms with Crippen LogP contribution >= 0.6 is 0 Å². The largest absolute Gasteiger partial charge is 0.306 e. The maximum atomic E-state index is 2.54. The number of hydrogen-bond donors (Lipinski definition) is 0. The molecule has 0 bridgehead atoms. The van der Waals surface area contributed by atoms with Crippen molar-refractivity contribution in [1.82, 2.24) is 4.90 Å². The molecule has 1 heteroatoms. The Bertz CT molecular complexity index is 629. The minimum absolute atomic E-state index is 0.919. The second-order valence-electron chi connectivity index (χ2n) is 13.9. The first-order chi connectivity index (χ1) is 21.8. The quantitative estimate of drug-likeness (QED) is 0.0559. The van der Waals surface area contributed by atoms with Crippen molar-refractivity contribution >= 4 is 0 Å². The number of allylic oxidation sites excluding steroid dienone is 8. The molecule has 1 saturated heterocycles. The number of rotatable bonds is 31. The van der Waals surface area contributed by atoms with E-state index in [4.69, 9.17) is 0 Å². The maximum absolute atomic E-state index is 2.54. The molecule has 0 spiro atoms. The fourth-order valence-corrected chi connectivity index (χ4v) is 6.63. The summed E-state index contributed by atoms with van der Waals surface area (Å²) in [7, 11) is 2.31. The van der Waals surface area contributed by atoms with Gasteiger partial charge in [0, 0.05) is 0 Å². The van der Waals surface area contributed by atoms with Gasteiger partial charge in [-0.05, 0) is 122 Å². The van der Waals surface area contributed by atoms with Gasteiger partial charge in [0.1, 0.15) is 0 Å². The van der Waals surface area contributed by atoms with Gasteiger partial charge in [-0.1, -0.05) is 152 Å². The second kappa shape index (κ2) is 33.3. The van der Waals surface area contributed by atoms with Gasteiger partial charge in [-0.3, -0.25) is 0 Å². The third kappa shape index (κ3) is 27.2. The highest BCUT2D eigenvalue weighted by Gasteiger charge is 2.25. The highest BCUT2D eigenvalue weighted by Crippen LogP contribution is 2.34. The third-order valence-electron chi connectivity index (χ3n) is 9.69. The van der Waals surface area contributed by atoms with Crippen LogP contribution in [0.4, 0.5) is 0 Å². The molecule has 0 aromatic rings. The molecule has 0 aromatic carbocycles. The summed E-state index contributed by atoms with van der Waals surface area (Å²) in [5.41, 5.74) is 0. The van der Waals surface area contributed by atoms with Crippen LogP contribution in [0.25, 0.3) is 0 Å². The zero-order valence-corrected chi connectivity index (χ0v) is 30.4. The van der Waals surface area contributed by atoms with Crippen molar-refractivity contribution in [3.63, 3.8) is 0 Å². The van der Waals surface area contributed by atoms with Crippen molar-refractivity contribution in [3.05, 3.63) is 54.5 Å². The lowest BCUT2D eigenvalue weighted by molar-refractivity contribution is 0.216.